The lowest BCUT2D eigenvalue weighted by molar-refractivity contribution is -0.300. The summed E-state index contributed by atoms with van der Waals surface area (Å²) in [5, 5.41) is 52.3. The van der Waals surface area contributed by atoms with E-state index in [9.17, 15) is 39.9 Å². The van der Waals surface area contributed by atoms with Crippen LogP contribution in [0.5, 0.6) is 5.75 Å². The van der Waals surface area contributed by atoms with Gasteiger partial charge in [0.2, 0.25) is 0 Å². The van der Waals surface area contributed by atoms with Crippen LogP contribution in [-0.4, -0.2) is 98.9 Å². The van der Waals surface area contributed by atoms with E-state index in [1.165, 1.54) is 18.2 Å². The zero-order valence-corrected chi connectivity index (χ0v) is 22.4. The highest BCUT2D eigenvalue weighted by Gasteiger charge is 2.62. The predicted octanol–water partition coefficient (Wildman–Crippen LogP) is -0.314. The molecule has 1 saturated carbocycles. The Bertz CT molecular complexity index is 1240. The Morgan fingerprint density at radius 3 is 2.51 bits per heavy atom. The summed E-state index contributed by atoms with van der Waals surface area (Å²) in [7, 11) is 0. The van der Waals surface area contributed by atoms with E-state index in [1.54, 1.807) is 19.1 Å². The zero-order chi connectivity index (χ0) is 29.6. The lowest BCUT2D eigenvalue weighted by Gasteiger charge is -2.40. The molecule has 2 aliphatic heterocycles. The summed E-state index contributed by atoms with van der Waals surface area (Å²) >= 11 is 0. The van der Waals surface area contributed by atoms with Gasteiger partial charge in [-0.05, 0) is 48.1 Å². The van der Waals surface area contributed by atoms with Gasteiger partial charge in [-0.15, -0.1) is 0 Å². The number of phenolic OH excluding ortho intramolecular Hbond substituents is 1. The first-order chi connectivity index (χ1) is 19.4. The molecule has 41 heavy (non-hydrogen) atoms. The molecule has 5 rings (SSSR count). The largest absolute Gasteiger partial charge is 0.508 e. The van der Waals surface area contributed by atoms with Crippen molar-refractivity contribution in [3.8, 4) is 5.75 Å². The van der Waals surface area contributed by atoms with Gasteiger partial charge < -0.3 is 44.5 Å². The van der Waals surface area contributed by atoms with E-state index in [1.807, 2.05) is 0 Å². The maximum Gasteiger partial charge on any atom is 0.334 e. The van der Waals surface area contributed by atoms with Crippen molar-refractivity contribution in [2.75, 3.05) is 13.2 Å². The van der Waals surface area contributed by atoms with Gasteiger partial charge in [-0.2, -0.15) is 0 Å². The van der Waals surface area contributed by atoms with Crippen LogP contribution < -0.4 is 0 Å². The number of ketones is 1. The molecule has 0 amide bonds. The minimum Gasteiger partial charge on any atom is -0.508 e. The lowest BCUT2D eigenvalue weighted by Crippen LogP contribution is -2.59. The molecule has 0 spiro atoms. The number of phenols is 1. The molecule has 0 radical (unpaired) electrons. The number of aromatic hydroxyl groups is 1. The first-order valence-electron chi connectivity index (χ1n) is 13.5. The van der Waals surface area contributed by atoms with Crippen molar-refractivity contribution in [2.24, 2.45) is 17.8 Å². The van der Waals surface area contributed by atoms with Gasteiger partial charge in [0.15, 0.2) is 12.1 Å². The molecule has 2 aliphatic carbocycles. The Morgan fingerprint density at radius 2 is 1.80 bits per heavy atom. The van der Waals surface area contributed by atoms with E-state index in [2.05, 4.69) is 6.58 Å². The van der Waals surface area contributed by atoms with Crippen molar-refractivity contribution < 1.29 is 58.9 Å². The van der Waals surface area contributed by atoms with Crippen LogP contribution in [0, 0.1) is 17.8 Å². The number of aliphatic hydroxyl groups is 4. The monoisotopic (exact) mass is 574 g/mol. The molecule has 12 nitrogen and oxygen atoms in total. The van der Waals surface area contributed by atoms with Crippen LogP contribution in [0.1, 0.15) is 25.3 Å². The molecule has 222 valence electrons. The van der Waals surface area contributed by atoms with Gasteiger partial charge in [0.25, 0.3) is 0 Å². The van der Waals surface area contributed by atoms with Crippen LogP contribution in [0.3, 0.4) is 0 Å². The summed E-state index contributed by atoms with van der Waals surface area (Å²) in [6.07, 6.45) is -6.43. The highest BCUT2D eigenvalue weighted by atomic mass is 16.7. The molecule has 10 atom stereocenters. The minimum atomic E-state index is -1.82. The molecule has 4 aliphatic rings. The van der Waals surface area contributed by atoms with Crippen LogP contribution in [0.25, 0.3) is 0 Å². The molecule has 2 heterocycles. The SMILES string of the molecule is C=C1C(=O)O[C@@H]2[C@H]3C(CO[C@H]4O[C@H](COC(=O)Cc5ccc(O)cc5)[C@@H](O)[C@H](O)[C@H]4O)=CC(=O)[C@]3(O)[C@@H](C)CC[C@@H]12. The summed E-state index contributed by atoms with van der Waals surface area (Å²) in [6, 6.07) is 5.95. The van der Waals surface area contributed by atoms with E-state index in [0.717, 1.165) is 0 Å². The van der Waals surface area contributed by atoms with Crippen LogP contribution in [0.4, 0.5) is 0 Å². The van der Waals surface area contributed by atoms with Crippen LogP contribution in [-0.2, 0) is 39.8 Å². The number of fused-ring (bicyclic) bond motifs is 3. The Morgan fingerprint density at radius 1 is 1.10 bits per heavy atom. The van der Waals surface area contributed by atoms with Gasteiger partial charge in [-0.3, -0.25) is 9.59 Å². The van der Waals surface area contributed by atoms with Crippen molar-refractivity contribution in [1.82, 2.24) is 0 Å². The number of esters is 2. The molecule has 3 fully saturated rings. The quantitative estimate of drug-likeness (QED) is 0.211. The van der Waals surface area contributed by atoms with Crippen LogP contribution in [0.2, 0.25) is 0 Å². The van der Waals surface area contributed by atoms with Crippen molar-refractivity contribution in [3.05, 3.63) is 53.6 Å². The molecule has 1 aromatic rings. The number of carbonyl (C=O) groups is 3. The third-order valence-electron chi connectivity index (χ3n) is 8.70. The number of hydrogen-bond acceptors (Lipinski definition) is 12. The maximum atomic E-state index is 13.1. The second kappa shape index (κ2) is 11.3. The summed E-state index contributed by atoms with van der Waals surface area (Å²) < 4.78 is 22.2. The number of hydrogen-bond donors (Lipinski definition) is 5. The van der Waals surface area contributed by atoms with Crippen molar-refractivity contribution in [2.45, 2.75) is 68.6 Å². The van der Waals surface area contributed by atoms with Crippen LogP contribution in [0.15, 0.2) is 48.1 Å². The van der Waals surface area contributed by atoms with E-state index >= 15 is 0 Å². The number of carbonyl (C=O) groups excluding carboxylic acids is 3. The van der Waals surface area contributed by atoms with Gasteiger partial charge in [0.1, 0.15) is 48.5 Å². The predicted molar refractivity (Wildman–Crippen MR) is 138 cm³/mol. The average Bonchev–Trinajstić information content (AvgIpc) is 3.32. The van der Waals surface area contributed by atoms with E-state index < -0.39 is 78.6 Å². The molecule has 12 heteroatoms. The maximum absolute atomic E-state index is 13.1. The number of benzene rings is 1. The molecular formula is C29H34O12. The highest BCUT2D eigenvalue weighted by Crippen LogP contribution is 2.52. The summed E-state index contributed by atoms with van der Waals surface area (Å²) in [6.45, 7) is 4.82. The smallest absolute Gasteiger partial charge is 0.334 e. The molecule has 2 saturated heterocycles. The van der Waals surface area contributed by atoms with E-state index in [0.29, 0.717) is 24.0 Å². The van der Waals surface area contributed by atoms with Gasteiger partial charge in [-0.25, -0.2) is 4.79 Å². The molecule has 0 unspecified atom stereocenters. The summed E-state index contributed by atoms with van der Waals surface area (Å²) in [4.78, 5) is 37.6. The molecule has 1 aromatic carbocycles. The van der Waals surface area contributed by atoms with E-state index in [-0.39, 0.29) is 30.3 Å². The molecule has 5 N–H and O–H groups in total. The Hall–Kier alpha value is -3.13. The van der Waals surface area contributed by atoms with Crippen LogP contribution >= 0.6 is 0 Å². The third-order valence-corrected chi connectivity index (χ3v) is 8.70. The molecule has 0 bridgehead atoms. The molecule has 0 aromatic heterocycles. The fourth-order valence-electron chi connectivity index (χ4n) is 6.25. The normalized spacial score (nSPS) is 38.5. The van der Waals surface area contributed by atoms with Crippen molar-refractivity contribution in [3.63, 3.8) is 0 Å². The van der Waals surface area contributed by atoms with Crippen molar-refractivity contribution in [1.29, 1.82) is 0 Å². The first-order valence-corrected chi connectivity index (χ1v) is 13.5. The summed E-state index contributed by atoms with van der Waals surface area (Å²) in [5.74, 6) is -3.46. The topological polar surface area (TPSA) is 189 Å². The van der Waals surface area contributed by atoms with Gasteiger partial charge in [0.05, 0.1) is 18.9 Å². The molecular weight excluding hydrogens is 540 g/mol. The highest BCUT2D eigenvalue weighted by molar-refractivity contribution is 6.02. The second-order valence-electron chi connectivity index (χ2n) is 11.2. The lowest BCUT2D eigenvalue weighted by atomic mass is 9.74. The number of rotatable bonds is 7. The van der Waals surface area contributed by atoms with Crippen molar-refractivity contribution >= 4 is 17.7 Å². The first kappa shape index (κ1) is 29.4. The Balaban J connectivity index is 1.25. The second-order valence-corrected chi connectivity index (χ2v) is 11.2. The Labute approximate surface area is 235 Å². The van der Waals surface area contributed by atoms with Gasteiger partial charge >= 0.3 is 11.9 Å². The zero-order valence-electron chi connectivity index (χ0n) is 22.4. The Kier molecular flexibility index (Phi) is 8.07. The van der Waals surface area contributed by atoms with E-state index in [4.69, 9.17) is 18.9 Å². The third kappa shape index (κ3) is 5.31. The average molecular weight is 575 g/mol. The number of aliphatic hydroxyl groups excluding tert-OH is 3. The standard InChI is InChI=1S/C29H34O12/c1-13-3-8-18-14(2)27(36)41-26(18)22-16(10-20(31)29(13,22)37)11-39-28-25(35)24(34)23(33)19(40-28)12-38-21(32)9-15-4-6-17(30)7-5-15/h4-7,10,13,18-19,22-26,28,30,33-35,37H,2-3,8-9,11-12H2,1H3/t13-,18-,19+,22+,23+,24-,25+,26-,28-,29+/m0/s1. The summed E-state index contributed by atoms with van der Waals surface area (Å²) in [5.41, 5.74) is -0.617. The fraction of sp³-hybridized carbons (Fsp3) is 0.552. The van der Waals surface area contributed by atoms with Gasteiger partial charge in [0, 0.05) is 11.5 Å². The number of ether oxygens (including phenoxy) is 4. The fourth-order valence-corrected chi connectivity index (χ4v) is 6.25. The van der Waals surface area contributed by atoms with Gasteiger partial charge in [-0.1, -0.05) is 25.6 Å². The minimum absolute atomic E-state index is 0.0462.